The number of rotatable bonds is 5. The summed E-state index contributed by atoms with van der Waals surface area (Å²) in [5.74, 6) is 0.147. The summed E-state index contributed by atoms with van der Waals surface area (Å²) in [5.41, 5.74) is 0.876. The molecule has 0 amide bonds. The lowest BCUT2D eigenvalue weighted by Crippen LogP contribution is -2.31. The molecule has 0 spiro atoms. The molecule has 1 aliphatic carbocycles. The largest absolute Gasteiger partial charge is 0.405 e. The first-order valence-electron chi connectivity index (χ1n) is 6.01. The molecule has 0 aromatic carbocycles. The van der Waals surface area contributed by atoms with E-state index >= 15 is 0 Å². The Morgan fingerprint density at radius 3 is 2.68 bits per heavy atom. The van der Waals surface area contributed by atoms with Crippen LogP contribution < -0.4 is 10.2 Å². The molecule has 0 saturated heterocycles. The number of aromatic nitrogens is 1. The van der Waals surface area contributed by atoms with Crippen molar-refractivity contribution in [1.29, 1.82) is 0 Å². The molecule has 1 aromatic heterocycles. The molecule has 1 N–H and O–H groups in total. The van der Waals surface area contributed by atoms with Gasteiger partial charge in [-0.3, -0.25) is 0 Å². The summed E-state index contributed by atoms with van der Waals surface area (Å²) < 4.78 is 36.9. The van der Waals surface area contributed by atoms with Crippen LogP contribution in [0.25, 0.3) is 0 Å². The van der Waals surface area contributed by atoms with Gasteiger partial charge in [-0.1, -0.05) is 11.6 Å². The smallest absolute Gasteiger partial charge is 0.349 e. The van der Waals surface area contributed by atoms with Crippen LogP contribution >= 0.6 is 11.6 Å². The van der Waals surface area contributed by atoms with Gasteiger partial charge in [0.25, 0.3) is 0 Å². The molecule has 7 heteroatoms. The number of halogens is 4. The van der Waals surface area contributed by atoms with Crippen LogP contribution in [0.5, 0.6) is 0 Å². The Bertz CT molecular complexity index is 446. The normalized spacial score (nSPS) is 15.6. The van der Waals surface area contributed by atoms with Crippen LogP contribution in [-0.4, -0.2) is 30.8 Å². The summed E-state index contributed by atoms with van der Waals surface area (Å²) in [6.45, 7) is -0.431. The predicted molar refractivity (Wildman–Crippen MR) is 68.4 cm³/mol. The van der Waals surface area contributed by atoms with Gasteiger partial charge in [-0.05, 0) is 24.5 Å². The van der Waals surface area contributed by atoms with E-state index in [4.69, 9.17) is 11.6 Å². The Hall–Kier alpha value is -1.01. The lowest BCUT2D eigenvalue weighted by atomic mass is 10.2. The molecule has 0 radical (unpaired) electrons. The van der Waals surface area contributed by atoms with Gasteiger partial charge in [-0.25, -0.2) is 4.98 Å². The van der Waals surface area contributed by atoms with Gasteiger partial charge in [-0.2, -0.15) is 13.2 Å². The lowest BCUT2D eigenvalue weighted by molar-refractivity contribution is -0.119. The Morgan fingerprint density at radius 1 is 1.47 bits per heavy atom. The minimum Gasteiger partial charge on any atom is -0.349 e. The van der Waals surface area contributed by atoms with Crippen LogP contribution in [0, 0.1) is 0 Å². The van der Waals surface area contributed by atoms with Gasteiger partial charge in [0.2, 0.25) is 0 Å². The van der Waals surface area contributed by atoms with Crippen molar-refractivity contribution in [2.75, 3.05) is 18.5 Å². The molecule has 0 unspecified atom stereocenters. The number of nitrogens with one attached hydrogen (secondary N) is 1. The van der Waals surface area contributed by atoms with E-state index < -0.39 is 12.7 Å². The molecule has 19 heavy (non-hydrogen) atoms. The first-order valence-corrected chi connectivity index (χ1v) is 6.38. The topological polar surface area (TPSA) is 28.2 Å². The number of alkyl halides is 3. The van der Waals surface area contributed by atoms with Crippen molar-refractivity contribution in [3.05, 3.63) is 22.8 Å². The van der Waals surface area contributed by atoms with Crippen molar-refractivity contribution >= 4 is 17.4 Å². The van der Waals surface area contributed by atoms with Gasteiger partial charge in [0.05, 0.1) is 5.02 Å². The Labute approximate surface area is 114 Å². The van der Waals surface area contributed by atoms with E-state index in [0.29, 0.717) is 12.6 Å². The summed E-state index contributed by atoms with van der Waals surface area (Å²) in [6.07, 6.45) is -0.365. The minimum absolute atomic E-state index is 0.147. The Kier molecular flexibility index (Phi) is 4.20. The third kappa shape index (κ3) is 4.54. The summed E-state index contributed by atoms with van der Waals surface area (Å²) in [5, 5.41) is 3.53. The van der Waals surface area contributed by atoms with Crippen molar-refractivity contribution < 1.29 is 13.2 Å². The molecule has 1 aromatic rings. The molecule has 0 bridgehead atoms. The summed E-state index contributed by atoms with van der Waals surface area (Å²) >= 11 is 5.98. The van der Waals surface area contributed by atoms with Crippen LogP contribution in [0.15, 0.2) is 12.3 Å². The van der Waals surface area contributed by atoms with Gasteiger partial charge >= 0.3 is 6.18 Å². The maximum atomic E-state index is 12.3. The van der Waals surface area contributed by atoms with E-state index in [-0.39, 0.29) is 10.8 Å². The number of nitrogens with zero attached hydrogens (tertiary/aromatic N) is 2. The summed E-state index contributed by atoms with van der Waals surface area (Å²) in [4.78, 5) is 5.02. The zero-order valence-electron chi connectivity index (χ0n) is 10.5. The Balaban J connectivity index is 2.00. The van der Waals surface area contributed by atoms with Crippen LogP contribution in [0.3, 0.4) is 0 Å². The molecular weight excluding hydrogens is 279 g/mol. The second-order valence-electron chi connectivity index (χ2n) is 4.78. The molecule has 0 aliphatic heterocycles. The highest BCUT2D eigenvalue weighted by Crippen LogP contribution is 2.27. The van der Waals surface area contributed by atoms with Crippen LogP contribution in [0.1, 0.15) is 18.4 Å². The highest BCUT2D eigenvalue weighted by molar-refractivity contribution is 6.33. The van der Waals surface area contributed by atoms with E-state index in [1.54, 1.807) is 12.3 Å². The molecule has 1 saturated carbocycles. The number of hydrogen-bond acceptors (Lipinski definition) is 3. The highest BCUT2D eigenvalue weighted by Gasteiger charge is 2.30. The van der Waals surface area contributed by atoms with Crippen molar-refractivity contribution in [3.8, 4) is 0 Å². The van der Waals surface area contributed by atoms with Gasteiger partial charge < -0.3 is 10.2 Å². The quantitative estimate of drug-likeness (QED) is 0.904. The van der Waals surface area contributed by atoms with E-state index in [1.165, 1.54) is 19.9 Å². The fraction of sp³-hybridized carbons (Fsp3) is 0.583. The van der Waals surface area contributed by atoms with Crippen molar-refractivity contribution in [3.63, 3.8) is 0 Å². The molecule has 0 atom stereocenters. The standard InChI is InChI=1S/C12H15ClF3N3/c1-19(7-12(14,15)16)11-10(13)4-8(6-18-11)5-17-9-2-3-9/h4,6,9,17H,2-3,5,7H2,1H3. The molecule has 1 fully saturated rings. The van der Waals surface area contributed by atoms with E-state index in [0.717, 1.165) is 10.5 Å². The second kappa shape index (κ2) is 5.54. The summed E-state index contributed by atoms with van der Waals surface area (Å²) in [6, 6.07) is 2.22. The monoisotopic (exact) mass is 293 g/mol. The van der Waals surface area contributed by atoms with E-state index in [1.807, 2.05) is 0 Å². The zero-order valence-corrected chi connectivity index (χ0v) is 11.2. The molecule has 106 valence electrons. The second-order valence-corrected chi connectivity index (χ2v) is 5.18. The number of hydrogen-bond donors (Lipinski definition) is 1. The third-order valence-electron chi connectivity index (χ3n) is 2.83. The SMILES string of the molecule is CN(CC(F)(F)F)c1ncc(CNC2CC2)cc1Cl. The first-order chi connectivity index (χ1) is 8.85. The van der Waals surface area contributed by atoms with E-state index in [9.17, 15) is 13.2 Å². The summed E-state index contributed by atoms with van der Waals surface area (Å²) in [7, 11) is 1.32. The molecule has 2 rings (SSSR count). The molecule has 3 nitrogen and oxygen atoms in total. The van der Waals surface area contributed by atoms with Gasteiger partial charge in [0, 0.05) is 25.8 Å². The van der Waals surface area contributed by atoms with E-state index in [2.05, 4.69) is 10.3 Å². The molecular formula is C12H15ClF3N3. The van der Waals surface area contributed by atoms with Gasteiger partial charge in [0.1, 0.15) is 12.4 Å². The van der Waals surface area contributed by atoms with Gasteiger partial charge in [0.15, 0.2) is 0 Å². The Morgan fingerprint density at radius 2 is 2.16 bits per heavy atom. The highest BCUT2D eigenvalue weighted by atomic mass is 35.5. The molecule has 1 heterocycles. The number of anilines is 1. The van der Waals surface area contributed by atoms with Crippen molar-refractivity contribution in [1.82, 2.24) is 10.3 Å². The van der Waals surface area contributed by atoms with Crippen LogP contribution in [-0.2, 0) is 6.54 Å². The third-order valence-corrected chi connectivity index (χ3v) is 3.11. The lowest BCUT2D eigenvalue weighted by Gasteiger charge is -2.21. The average molecular weight is 294 g/mol. The fourth-order valence-electron chi connectivity index (χ4n) is 1.74. The fourth-order valence-corrected chi connectivity index (χ4v) is 2.07. The van der Waals surface area contributed by atoms with Crippen molar-refractivity contribution in [2.24, 2.45) is 0 Å². The minimum atomic E-state index is -4.27. The van der Waals surface area contributed by atoms with Crippen molar-refractivity contribution in [2.45, 2.75) is 31.6 Å². The average Bonchev–Trinajstić information content (AvgIpc) is 3.07. The predicted octanol–water partition coefficient (Wildman–Crippen LogP) is 2.99. The molecule has 1 aliphatic rings. The number of pyridine rings is 1. The van der Waals surface area contributed by atoms with Crippen LogP contribution in [0.2, 0.25) is 5.02 Å². The maximum absolute atomic E-state index is 12.3. The zero-order chi connectivity index (χ0) is 14.0. The maximum Gasteiger partial charge on any atom is 0.405 e. The first kappa shape index (κ1) is 14.4. The van der Waals surface area contributed by atoms with Gasteiger partial charge in [-0.15, -0.1) is 0 Å². The van der Waals surface area contributed by atoms with Crippen LogP contribution in [0.4, 0.5) is 19.0 Å².